The second kappa shape index (κ2) is 9.44. The lowest BCUT2D eigenvalue weighted by Gasteiger charge is -2.12. The molecule has 0 aliphatic rings. The van der Waals surface area contributed by atoms with Crippen molar-refractivity contribution in [1.82, 2.24) is 19.7 Å². The molecule has 0 aliphatic heterocycles. The van der Waals surface area contributed by atoms with E-state index in [1.807, 2.05) is 31.2 Å². The van der Waals surface area contributed by atoms with Crippen LogP contribution in [0.2, 0.25) is 0 Å². The van der Waals surface area contributed by atoms with Gasteiger partial charge in [-0.1, -0.05) is 42.0 Å². The molecule has 5 aromatic rings. The zero-order valence-electron chi connectivity index (χ0n) is 19.0. The Hall–Kier alpha value is -5.43. The van der Waals surface area contributed by atoms with Crippen molar-refractivity contribution in [3.05, 3.63) is 95.9 Å². The number of carbonyl (C=O) groups is 1. The Labute approximate surface area is 205 Å². The number of aromatic nitrogens is 4. The summed E-state index contributed by atoms with van der Waals surface area (Å²) in [5.41, 5.74) is 1.90. The van der Waals surface area contributed by atoms with Crippen LogP contribution in [0.1, 0.15) is 21.5 Å². The summed E-state index contributed by atoms with van der Waals surface area (Å²) in [5.74, 6) is -0.552. The summed E-state index contributed by atoms with van der Waals surface area (Å²) in [4.78, 5) is 21.5. The average molecular weight is 474 g/mol. The molecule has 0 atom stereocenters. The number of azo groups is 1. The predicted octanol–water partition coefficient (Wildman–Crippen LogP) is 5.37. The lowest BCUT2D eigenvalue weighted by molar-refractivity contribution is 0.102. The summed E-state index contributed by atoms with van der Waals surface area (Å²) >= 11 is 0. The second-order valence-corrected chi connectivity index (χ2v) is 7.81. The predicted molar refractivity (Wildman–Crippen MR) is 133 cm³/mol. The fourth-order valence-corrected chi connectivity index (χ4v) is 3.62. The molecule has 0 saturated carbocycles. The molecule has 0 aliphatic carbocycles. The van der Waals surface area contributed by atoms with E-state index in [4.69, 9.17) is 0 Å². The van der Waals surface area contributed by atoms with Crippen LogP contribution in [-0.4, -0.2) is 30.8 Å². The lowest BCUT2D eigenvalue weighted by atomic mass is 10.0. The van der Waals surface area contributed by atoms with E-state index in [1.165, 1.54) is 23.3 Å². The Bertz CT molecular complexity index is 1650. The number of hydrogen-bond acceptors (Lipinski definition) is 8. The van der Waals surface area contributed by atoms with E-state index >= 15 is 0 Å². The Kier molecular flexibility index (Phi) is 5.86. The SMILES string of the molecule is Cc1ccc(NC(=O)c2c(O)c(/N=N/c3c(C#N)cnn3-c3ncccn3)cc3ccccc23)cc1. The topological polar surface area (TPSA) is 141 Å². The molecular formula is C26H18N8O2. The summed E-state index contributed by atoms with van der Waals surface area (Å²) in [5, 5.41) is 37.1. The quantitative estimate of drug-likeness (QED) is 0.328. The van der Waals surface area contributed by atoms with Gasteiger partial charge in [0.05, 0.1) is 11.8 Å². The molecule has 0 spiro atoms. The Morgan fingerprint density at radius 1 is 1.06 bits per heavy atom. The van der Waals surface area contributed by atoms with Gasteiger partial charge in [0.15, 0.2) is 11.6 Å². The average Bonchev–Trinajstić information content (AvgIpc) is 3.32. The molecule has 0 unspecified atom stereocenters. The first-order chi connectivity index (χ1) is 17.5. The van der Waals surface area contributed by atoms with Gasteiger partial charge in [-0.3, -0.25) is 4.79 Å². The van der Waals surface area contributed by atoms with Crippen LogP contribution in [0, 0.1) is 18.3 Å². The zero-order valence-corrected chi connectivity index (χ0v) is 19.0. The van der Waals surface area contributed by atoms with E-state index in [0.717, 1.165) is 5.56 Å². The number of anilines is 1. The van der Waals surface area contributed by atoms with E-state index in [2.05, 4.69) is 30.6 Å². The molecule has 2 heterocycles. The molecule has 1 amide bonds. The van der Waals surface area contributed by atoms with Crippen molar-refractivity contribution in [3.8, 4) is 17.8 Å². The van der Waals surface area contributed by atoms with Crippen LogP contribution in [0.3, 0.4) is 0 Å². The fraction of sp³-hybridized carbons (Fsp3) is 0.0385. The molecule has 2 aromatic heterocycles. The molecule has 2 N–H and O–H groups in total. The highest BCUT2D eigenvalue weighted by Gasteiger charge is 2.20. The van der Waals surface area contributed by atoms with Gasteiger partial charge < -0.3 is 10.4 Å². The highest BCUT2D eigenvalue weighted by Crippen LogP contribution is 2.38. The van der Waals surface area contributed by atoms with Crippen LogP contribution in [-0.2, 0) is 0 Å². The number of hydrogen-bond donors (Lipinski definition) is 2. The number of benzene rings is 3. The molecule has 10 heteroatoms. The highest BCUT2D eigenvalue weighted by molar-refractivity contribution is 6.16. The number of amides is 1. The molecule has 174 valence electrons. The van der Waals surface area contributed by atoms with E-state index in [0.29, 0.717) is 16.5 Å². The van der Waals surface area contributed by atoms with Gasteiger partial charge in [0, 0.05) is 18.1 Å². The van der Waals surface area contributed by atoms with Gasteiger partial charge in [-0.15, -0.1) is 10.2 Å². The number of carbonyl (C=O) groups excluding carboxylic acids is 1. The third-order valence-electron chi connectivity index (χ3n) is 5.40. The molecule has 3 aromatic carbocycles. The van der Waals surface area contributed by atoms with Crippen LogP contribution in [0.5, 0.6) is 5.75 Å². The molecule has 0 fully saturated rings. The van der Waals surface area contributed by atoms with E-state index in [1.54, 1.807) is 42.5 Å². The van der Waals surface area contributed by atoms with Crippen molar-refractivity contribution in [2.75, 3.05) is 5.32 Å². The standard InChI is InChI=1S/C26H18N8O2/c1-16-7-9-19(10-8-16)31-25(36)22-20-6-3-2-5-17(20)13-21(23(22)35)32-33-24-18(14-27)15-30-34(24)26-28-11-4-12-29-26/h2-13,15,35H,1H3,(H,31,36)/b33-32+. The van der Waals surface area contributed by atoms with Crippen LogP contribution in [0.15, 0.2) is 89.5 Å². The molecule has 0 saturated heterocycles. The summed E-state index contributed by atoms with van der Waals surface area (Å²) in [7, 11) is 0. The van der Waals surface area contributed by atoms with Gasteiger partial charge in [-0.25, -0.2) is 9.97 Å². The lowest BCUT2D eigenvalue weighted by Crippen LogP contribution is -2.12. The third kappa shape index (κ3) is 4.24. The van der Waals surface area contributed by atoms with Gasteiger partial charge in [0.1, 0.15) is 17.3 Å². The first-order valence-corrected chi connectivity index (χ1v) is 10.8. The molecule has 0 radical (unpaired) electrons. The van der Waals surface area contributed by atoms with Crippen molar-refractivity contribution < 1.29 is 9.90 Å². The summed E-state index contributed by atoms with van der Waals surface area (Å²) in [6, 6.07) is 19.7. The first kappa shape index (κ1) is 22.4. The van der Waals surface area contributed by atoms with Gasteiger partial charge in [-0.2, -0.15) is 15.0 Å². The number of nitriles is 1. The van der Waals surface area contributed by atoms with Gasteiger partial charge in [0.25, 0.3) is 11.9 Å². The Balaban J connectivity index is 1.59. The maximum Gasteiger partial charge on any atom is 0.260 e. The molecule has 36 heavy (non-hydrogen) atoms. The monoisotopic (exact) mass is 474 g/mol. The highest BCUT2D eigenvalue weighted by atomic mass is 16.3. The van der Waals surface area contributed by atoms with Crippen LogP contribution >= 0.6 is 0 Å². The largest absolute Gasteiger partial charge is 0.505 e. The van der Waals surface area contributed by atoms with E-state index in [-0.39, 0.29) is 34.3 Å². The van der Waals surface area contributed by atoms with E-state index in [9.17, 15) is 15.2 Å². The number of aromatic hydroxyl groups is 1. The van der Waals surface area contributed by atoms with Crippen LogP contribution in [0.4, 0.5) is 17.2 Å². The second-order valence-electron chi connectivity index (χ2n) is 7.81. The molecule has 10 nitrogen and oxygen atoms in total. The van der Waals surface area contributed by atoms with Gasteiger partial charge in [0.2, 0.25) is 0 Å². The van der Waals surface area contributed by atoms with E-state index < -0.39 is 5.91 Å². The maximum atomic E-state index is 13.2. The zero-order chi connectivity index (χ0) is 25.1. The minimum absolute atomic E-state index is 0.0494. The molecule has 5 rings (SSSR count). The third-order valence-corrected chi connectivity index (χ3v) is 5.40. The molecular weight excluding hydrogens is 456 g/mol. The minimum Gasteiger partial charge on any atom is -0.505 e. The number of nitrogens with one attached hydrogen (secondary N) is 1. The van der Waals surface area contributed by atoms with Crippen molar-refractivity contribution in [2.45, 2.75) is 6.92 Å². The number of aryl methyl sites for hydroxylation is 1. The van der Waals surface area contributed by atoms with Crippen molar-refractivity contribution in [2.24, 2.45) is 10.2 Å². The molecule has 0 bridgehead atoms. The van der Waals surface area contributed by atoms with Gasteiger partial charge in [-0.05, 0) is 42.0 Å². The number of phenols is 1. The van der Waals surface area contributed by atoms with Crippen LogP contribution in [0.25, 0.3) is 16.7 Å². The number of fused-ring (bicyclic) bond motifs is 1. The fourth-order valence-electron chi connectivity index (χ4n) is 3.62. The maximum absolute atomic E-state index is 13.2. The Morgan fingerprint density at radius 3 is 2.56 bits per heavy atom. The summed E-state index contributed by atoms with van der Waals surface area (Å²) < 4.78 is 1.27. The summed E-state index contributed by atoms with van der Waals surface area (Å²) in [6.45, 7) is 1.95. The van der Waals surface area contributed by atoms with Crippen LogP contribution < -0.4 is 5.32 Å². The Morgan fingerprint density at radius 2 is 1.81 bits per heavy atom. The van der Waals surface area contributed by atoms with Crippen molar-refractivity contribution >= 4 is 33.9 Å². The minimum atomic E-state index is -0.495. The summed E-state index contributed by atoms with van der Waals surface area (Å²) in [6.07, 6.45) is 4.39. The number of nitrogens with zero attached hydrogens (tertiary/aromatic N) is 7. The van der Waals surface area contributed by atoms with Crippen molar-refractivity contribution in [3.63, 3.8) is 0 Å². The number of phenolic OH excluding ortho intramolecular Hbond substituents is 1. The van der Waals surface area contributed by atoms with Crippen molar-refractivity contribution in [1.29, 1.82) is 5.26 Å². The first-order valence-electron chi connectivity index (χ1n) is 10.8. The smallest absolute Gasteiger partial charge is 0.260 e. The van der Waals surface area contributed by atoms with Gasteiger partial charge >= 0.3 is 0 Å². The normalized spacial score (nSPS) is 11.0. The number of rotatable bonds is 5.